The predicted molar refractivity (Wildman–Crippen MR) is 87.4 cm³/mol. The molecule has 0 aliphatic carbocycles. The topological polar surface area (TPSA) is 29.1 Å². The minimum Gasteiger partial charge on any atom is -0.322 e. The summed E-state index contributed by atoms with van der Waals surface area (Å²) >= 11 is 3.46. The first-order valence-corrected chi connectivity index (χ1v) is 7.44. The fraction of sp³-hybridized carbons (Fsp3) is 0.235. The summed E-state index contributed by atoms with van der Waals surface area (Å²) < 4.78 is 0.947. The Kier molecular flexibility index (Phi) is 4.61. The van der Waals surface area contributed by atoms with Gasteiger partial charge < -0.3 is 5.32 Å². The molecule has 104 valence electrons. The van der Waals surface area contributed by atoms with Gasteiger partial charge in [-0.2, -0.15) is 0 Å². The van der Waals surface area contributed by atoms with Crippen LogP contribution in [0.5, 0.6) is 0 Å². The van der Waals surface area contributed by atoms with Crippen LogP contribution in [0.15, 0.2) is 46.9 Å². The molecule has 1 amide bonds. The number of para-hydroxylation sites is 1. The van der Waals surface area contributed by atoms with Gasteiger partial charge in [0.2, 0.25) is 0 Å². The molecule has 0 radical (unpaired) electrons. The van der Waals surface area contributed by atoms with Crippen LogP contribution in [-0.4, -0.2) is 5.91 Å². The van der Waals surface area contributed by atoms with Crippen molar-refractivity contribution < 1.29 is 4.79 Å². The van der Waals surface area contributed by atoms with Crippen LogP contribution in [0.1, 0.15) is 41.3 Å². The SMILES string of the molecule is Cc1ccc(C(=O)Nc2ccccc2C(C)C)cc1Br. The Morgan fingerprint density at radius 1 is 1.15 bits per heavy atom. The molecule has 3 heteroatoms. The number of aryl methyl sites for hydroxylation is 1. The minimum atomic E-state index is -0.0844. The van der Waals surface area contributed by atoms with Gasteiger partial charge >= 0.3 is 0 Å². The van der Waals surface area contributed by atoms with Crippen LogP contribution in [0.3, 0.4) is 0 Å². The summed E-state index contributed by atoms with van der Waals surface area (Å²) in [7, 11) is 0. The third-order valence-corrected chi connectivity index (χ3v) is 4.12. The van der Waals surface area contributed by atoms with Crippen molar-refractivity contribution in [2.24, 2.45) is 0 Å². The zero-order chi connectivity index (χ0) is 14.7. The van der Waals surface area contributed by atoms with Crippen molar-refractivity contribution in [2.75, 3.05) is 5.32 Å². The number of rotatable bonds is 3. The van der Waals surface area contributed by atoms with E-state index in [-0.39, 0.29) is 5.91 Å². The first kappa shape index (κ1) is 14.8. The van der Waals surface area contributed by atoms with Crippen LogP contribution in [0, 0.1) is 6.92 Å². The molecular formula is C17H18BrNO. The van der Waals surface area contributed by atoms with Crippen molar-refractivity contribution in [1.82, 2.24) is 0 Å². The zero-order valence-corrected chi connectivity index (χ0v) is 13.5. The molecule has 2 aromatic carbocycles. The van der Waals surface area contributed by atoms with E-state index in [2.05, 4.69) is 35.1 Å². The highest BCUT2D eigenvalue weighted by atomic mass is 79.9. The van der Waals surface area contributed by atoms with Crippen molar-refractivity contribution in [2.45, 2.75) is 26.7 Å². The average Bonchev–Trinajstić information content (AvgIpc) is 2.42. The maximum absolute atomic E-state index is 12.3. The van der Waals surface area contributed by atoms with Gasteiger partial charge in [0.25, 0.3) is 5.91 Å². The molecule has 0 unspecified atom stereocenters. The molecule has 0 heterocycles. The molecule has 2 nitrogen and oxygen atoms in total. The highest BCUT2D eigenvalue weighted by Gasteiger charge is 2.11. The summed E-state index contributed by atoms with van der Waals surface area (Å²) in [5.74, 6) is 0.287. The molecule has 0 aliphatic rings. The summed E-state index contributed by atoms with van der Waals surface area (Å²) in [5.41, 5.74) is 3.79. The molecule has 0 saturated heterocycles. The van der Waals surface area contributed by atoms with Crippen LogP contribution in [0.4, 0.5) is 5.69 Å². The third kappa shape index (κ3) is 3.28. The van der Waals surface area contributed by atoms with E-state index in [9.17, 15) is 4.79 Å². The zero-order valence-electron chi connectivity index (χ0n) is 11.9. The van der Waals surface area contributed by atoms with Gasteiger partial charge in [0.1, 0.15) is 0 Å². The Morgan fingerprint density at radius 3 is 2.50 bits per heavy atom. The second-order valence-electron chi connectivity index (χ2n) is 5.16. The number of hydrogen-bond donors (Lipinski definition) is 1. The van der Waals surface area contributed by atoms with Crippen LogP contribution in [0.25, 0.3) is 0 Å². The largest absolute Gasteiger partial charge is 0.322 e. The monoisotopic (exact) mass is 331 g/mol. The second-order valence-corrected chi connectivity index (χ2v) is 6.01. The molecule has 2 rings (SSSR count). The average molecular weight is 332 g/mol. The molecule has 20 heavy (non-hydrogen) atoms. The highest BCUT2D eigenvalue weighted by Crippen LogP contribution is 2.25. The van der Waals surface area contributed by atoms with Crippen molar-refractivity contribution in [1.29, 1.82) is 0 Å². The van der Waals surface area contributed by atoms with Crippen molar-refractivity contribution in [3.8, 4) is 0 Å². The highest BCUT2D eigenvalue weighted by molar-refractivity contribution is 9.10. The van der Waals surface area contributed by atoms with Crippen LogP contribution >= 0.6 is 15.9 Å². The summed E-state index contributed by atoms with van der Waals surface area (Å²) in [6.07, 6.45) is 0. The number of benzene rings is 2. The quantitative estimate of drug-likeness (QED) is 0.829. The molecule has 0 fully saturated rings. The van der Waals surface area contributed by atoms with Gasteiger partial charge in [0.15, 0.2) is 0 Å². The summed E-state index contributed by atoms with van der Waals surface area (Å²) in [5, 5.41) is 3.00. The number of amides is 1. The Morgan fingerprint density at radius 2 is 1.85 bits per heavy atom. The summed E-state index contributed by atoms with van der Waals surface area (Å²) in [6, 6.07) is 13.5. The lowest BCUT2D eigenvalue weighted by Gasteiger charge is -2.14. The van der Waals surface area contributed by atoms with E-state index in [1.54, 1.807) is 0 Å². The fourth-order valence-electron chi connectivity index (χ4n) is 2.04. The Balaban J connectivity index is 2.26. The maximum atomic E-state index is 12.3. The molecule has 0 aromatic heterocycles. The normalized spacial score (nSPS) is 10.7. The van der Waals surface area contributed by atoms with E-state index in [4.69, 9.17) is 0 Å². The number of anilines is 1. The van der Waals surface area contributed by atoms with E-state index in [1.807, 2.05) is 49.4 Å². The third-order valence-electron chi connectivity index (χ3n) is 3.27. The van der Waals surface area contributed by atoms with Gasteiger partial charge in [0.05, 0.1) is 0 Å². The van der Waals surface area contributed by atoms with Crippen LogP contribution < -0.4 is 5.32 Å². The smallest absolute Gasteiger partial charge is 0.255 e. The molecular weight excluding hydrogens is 314 g/mol. The number of carbonyl (C=O) groups excluding carboxylic acids is 1. The first-order valence-electron chi connectivity index (χ1n) is 6.65. The van der Waals surface area contributed by atoms with Gasteiger partial charge in [-0.1, -0.05) is 54.0 Å². The maximum Gasteiger partial charge on any atom is 0.255 e. The lowest BCUT2D eigenvalue weighted by molar-refractivity contribution is 0.102. The number of nitrogens with one attached hydrogen (secondary N) is 1. The predicted octanol–water partition coefficient (Wildman–Crippen LogP) is 5.13. The molecule has 0 bridgehead atoms. The van der Waals surface area contributed by atoms with E-state index in [1.165, 1.54) is 0 Å². The minimum absolute atomic E-state index is 0.0844. The molecule has 0 atom stereocenters. The Hall–Kier alpha value is -1.61. The van der Waals surface area contributed by atoms with Gasteiger partial charge in [-0.3, -0.25) is 4.79 Å². The summed E-state index contributed by atoms with van der Waals surface area (Å²) in [4.78, 5) is 12.3. The Labute approximate surface area is 128 Å². The molecule has 1 N–H and O–H groups in total. The lowest BCUT2D eigenvalue weighted by Crippen LogP contribution is -2.13. The van der Waals surface area contributed by atoms with Gasteiger partial charge in [0, 0.05) is 15.7 Å². The van der Waals surface area contributed by atoms with Crippen molar-refractivity contribution in [3.63, 3.8) is 0 Å². The van der Waals surface area contributed by atoms with E-state index < -0.39 is 0 Å². The fourth-order valence-corrected chi connectivity index (χ4v) is 2.42. The molecule has 0 spiro atoms. The lowest BCUT2D eigenvalue weighted by atomic mass is 10.0. The number of halogens is 1. The van der Waals surface area contributed by atoms with Crippen molar-refractivity contribution in [3.05, 3.63) is 63.6 Å². The first-order chi connectivity index (χ1) is 9.49. The summed E-state index contributed by atoms with van der Waals surface area (Å²) in [6.45, 7) is 6.24. The van der Waals surface area contributed by atoms with Crippen LogP contribution in [-0.2, 0) is 0 Å². The number of carbonyl (C=O) groups is 1. The number of hydrogen-bond acceptors (Lipinski definition) is 1. The van der Waals surface area contributed by atoms with Crippen molar-refractivity contribution >= 4 is 27.5 Å². The van der Waals surface area contributed by atoms with E-state index in [0.29, 0.717) is 11.5 Å². The van der Waals surface area contributed by atoms with E-state index >= 15 is 0 Å². The van der Waals surface area contributed by atoms with Crippen LogP contribution in [0.2, 0.25) is 0 Å². The molecule has 0 aliphatic heterocycles. The molecule has 2 aromatic rings. The van der Waals surface area contributed by atoms with Gasteiger partial charge in [-0.25, -0.2) is 0 Å². The molecule has 0 saturated carbocycles. The second kappa shape index (κ2) is 6.23. The standard InChI is InChI=1S/C17H18BrNO/c1-11(2)14-6-4-5-7-16(14)19-17(20)13-9-8-12(3)15(18)10-13/h4-11H,1-3H3,(H,19,20). The van der Waals surface area contributed by atoms with E-state index in [0.717, 1.165) is 21.3 Å². The van der Waals surface area contributed by atoms with Gasteiger partial charge in [-0.05, 0) is 42.2 Å². The van der Waals surface area contributed by atoms with Gasteiger partial charge in [-0.15, -0.1) is 0 Å². The Bertz CT molecular complexity index is 635.